The molecule has 8 heteroatoms. The quantitative estimate of drug-likeness (QED) is 0.620. The first-order chi connectivity index (χ1) is 13.8. The van der Waals surface area contributed by atoms with Gasteiger partial charge in [0.15, 0.2) is 11.6 Å². The molecule has 154 valence electrons. The Bertz CT molecular complexity index is 905. The third-order valence-electron chi connectivity index (χ3n) is 4.92. The van der Waals surface area contributed by atoms with Gasteiger partial charge in [-0.05, 0) is 29.3 Å². The molecule has 0 saturated carbocycles. The predicted octanol–water partition coefficient (Wildman–Crippen LogP) is 3.25. The number of β-amino-alcohol motifs (C(OH)–C–C–N with tert-alkyl or cyclic N) is 1. The summed E-state index contributed by atoms with van der Waals surface area (Å²) in [6.07, 6.45) is 0.351. The Morgan fingerprint density at radius 3 is 2.66 bits per heavy atom. The molecule has 0 amide bonds. The molecule has 7 nitrogen and oxygen atoms in total. The molecule has 1 aromatic carbocycles. The summed E-state index contributed by atoms with van der Waals surface area (Å²) in [5.74, 6) is 2.62. The molecule has 1 aliphatic heterocycles. The average molecular weight is 413 g/mol. The van der Waals surface area contributed by atoms with Gasteiger partial charge in [0.2, 0.25) is 0 Å². The molecule has 1 aliphatic rings. The number of aromatic nitrogens is 2. The Labute approximate surface area is 176 Å². The van der Waals surface area contributed by atoms with E-state index in [-0.39, 0.29) is 11.5 Å². The molecule has 4 N–H and O–H groups in total. The van der Waals surface area contributed by atoms with Gasteiger partial charge < -0.3 is 21.1 Å². The number of nitrogens with one attached hydrogen (secondary N) is 1. The number of nitrogens with two attached hydrogens (primary N) is 1. The molecular formula is C21H28N6OS. The van der Waals surface area contributed by atoms with Gasteiger partial charge >= 0.3 is 0 Å². The number of thiocyanates is 1. The van der Waals surface area contributed by atoms with Gasteiger partial charge in [0.25, 0.3) is 0 Å². The lowest BCUT2D eigenvalue weighted by Gasteiger charge is -2.25. The topological polar surface area (TPSA) is 111 Å². The Morgan fingerprint density at radius 2 is 2.03 bits per heavy atom. The molecule has 0 bridgehead atoms. The summed E-state index contributed by atoms with van der Waals surface area (Å²) in [6, 6.07) is 8.03. The van der Waals surface area contributed by atoms with E-state index < -0.39 is 0 Å². The molecule has 1 saturated heterocycles. The number of nitrogen functional groups attached to an aromatic ring is 1. The van der Waals surface area contributed by atoms with Crippen LogP contribution in [0.2, 0.25) is 0 Å². The van der Waals surface area contributed by atoms with Crippen LogP contribution in [0.5, 0.6) is 0 Å². The second-order valence-electron chi connectivity index (χ2n) is 8.27. The third kappa shape index (κ3) is 5.11. The Morgan fingerprint density at radius 1 is 1.31 bits per heavy atom. The van der Waals surface area contributed by atoms with Crippen molar-refractivity contribution in [1.82, 2.24) is 9.97 Å². The number of benzene rings is 1. The summed E-state index contributed by atoms with van der Waals surface area (Å²) in [7, 11) is 0. The molecule has 3 rings (SSSR count). The summed E-state index contributed by atoms with van der Waals surface area (Å²) < 4.78 is 0. The fourth-order valence-electron chi connectivity index (χ4n) is 3.26. The van der Waals surface area contributed by atoms with E-state index in [1.165, 1.54) is 11.8 Å². The van der Waals surface area contributed by atoms with Gasteiger partial charge in [0.1, 0.15) is 16.9 Å². The predicted molar refractivity (Wildman–Crippen MR) is 119 cm³/mol. The molecule has 0 radical (unpaired) electrons. The van der Waals surface area contributed by atoms with E-state index >= 15 is 0 Å². The molecule has 1 unspecified atom stereocenters. The summed E-state index contributed by atoms with van der Waals surface area (Å²) in [5, 5.41) is 24.3. The van der Waals surface area contributed by atoms with Gasteiger partial charge in [-0.3, -0.25) is 0 Å². The maximum absolute atomic E-state index is 9.94. The molecular weight excluding hydrogens is 384 g/mol. The zero-order valence-electron chi connectivity index (χ0n) is 17.1. The van der Waals surface area contributed by atoms with E-state index in [1.54, 1.807) is 0 Å². The number of thioether (sulfide) groups is 1. The van der Waals surface area contributed by atoms with Crippen LogP contribution in [-0.4, -0.2) is 34.3 Å². The van der Waals surface area contributed by atoms with E-state index in [2.05, 4.69) is 31.5 Å². The maximum atomic E-state index is 9.94. The molecule has 1 fully saturated rings. The normalized spacial score (nSPS) is 16.7. The van der Waals surface area contributed by atoms with Gasteiger partial charge in [-0.1, -0.05) is 45.0 Å². The van der Waals surface area contributed by atoms with Crippen molar-refractivity contribution in [3.05, 3.63) is 41.2 Å². The molecule has 0 spiro atoms. The van der Waals surface area contributed by atoms with E-state index in [4.69, 9.17) is 21.0 Å². The van der Waals surface area contributed by atoms with Crippen molar-refractivity contribution in [3.8, 4) is 5.40 Å². The minimum Gasteiger partial charge on any atom is -0.393 e. The number of nitriles is 1. The SMILES string of the molecule is CC(C)(C)c1nc(NCc2ccccc2CSC#N)c(N)c(N2CCC(O)C2)n1. The number of anilines is 3. The third-order valence-corrected chi connectivity index (χ3v) is 5.50. The van der Waals surface area contributed by atoms with Gasteiger partial charge in [-0.2, -0.15) is 5.26 Å². The van der Waals surface area contributed by atoms with Crippen molar-refractivity contribution >= 4 is 29.1 Å². The minimum absolute atomic E-state index is 0.238. The summed E-state index contributed by atoms with van der Waals surface area (Å²) in [4.78, 5) is 11.5. The van der Waals surface area contributed by atoms with E-state index in [0.29, 0.717) is 48.4 Å². The highest BCUT2D eigenvalue weighted by atomic mass is 32.2. The molecule has 0 aliphatic carbocycles. The standard InChI is InChI=1S/C21H28N6OS/c1-21(2,3)20-25-18(17(23)19(26-20)27-9-8-16(28)11-27)24-10-14-6-4-5-7-15(14)12-29-13-22/h4-7,16,28H,8-12,23H2,1-3H3,(H,24,25,26). The number of hydrogen-bond donors (Lipinski definition) is 3. The largest absolute Gasteiger partial charge is 0.393 e. The summed E-state index contributed by atoms with van der Waals surface area (Å²) >= 11 is 1.22. The number of rotatable bonds is 6. The van der Waals surface area contributed by atoms with E-state index in [0.717, 1.165) is 17.7 Å². The maximum Gasteiger partial charge on any atom is 0.157 e. The van der Waals surface area contributed by atoms with Crippen LogP contribution in [-0.2, 0) is 17.7 Å². The van der Waals surface area contributed by atoms with Crippen molar-refractivity contribution in [1.29, 1.82) is 5.26 Å². The first-order valence-electron chi connectivity index (χ1n) is 9.72. The second-order valence-corrected chi connectivity index (χ2v) is 9.03. The van der Waals surface area contributed by atoms with Crippen molar-refractivity contribution in [3.63, 3.8) is 0 Å². The monoisotopic (exact) mass is 412 g/mol. The second kappa shape index (κ2) is 8.89. The Hall–Kier alpha value is -2.50. The lowest BCUT2D eigenvalue weighted by Crippen LogP contribution is -2.27. The average Bonchev–Trinajstić information content (AvgIpc) is 3.11. The van der Waals surface area contributed by atoms with Crippen molar-refractivity contribution < 1.29 is 5.11 Å². The van der Waals surface area contributed by atoms with Crippen LogP contribution < -0.4 is 16.0 Å². The minimum atomic E-state index is -0.358. The molecule has 2 heterocycles. The summed E-state index contributed by atoms with van der Waals surface area (Å²) in [5.41, 5.74) is 8.91. The smallest absolute Gasteiger partial charge is 0.157 e. The number of aliphatic hydroxyl groups excluding tert-OH is 1. The first kappa shape index (κ1) is 21.2. The lowest BCUT2D eigenvalue weighted by atomic mass is 9.95. The van der Waals surface area contributed by atoms with Crippen molar-refractivity contribution in [2.24, 2.45) is 0 Å². The highest BCUT2D eigenvalue weighted by Crippen LogP contribution is 2.33. The van der Waals surface area contributed by atoms with Gasteiger partial charge in [0.05, 0.1) is 6.10 Å². The van der Waals surface area contributed by atoms with Crippen molar-refractivity contribution in [2.75, 3.05) is 29.0 Å². The van der Waals surface area contributed by atoms with Crippen LogP contribution in [0, 0.1) is 10.7 Å². The fraction of sp³-hybridized carbons (Fsp3) is 0.476. The Balaban J connectivity index is 1.90. The van der Waals surface area contributed by atoms with Crippen LogP contribution in [0.1, 0.15) is 44.1 Å². The van der Waals surface area contributed by atoms with E-state index in [9.17, 15) is 5.11 Å². The summed E-state index contributed by atoms with van der Waals surface area (Å²) in [6.45, 7) is 8.01. The van der Waals surface area contributed by atoms with Crippen LogP contribution in [0.15, 0.2) is 24.3 Å². The molecule has 1 aromatic heterocycles. The van der Waals surface area contributed by atoms with E-state index in [1.807, 2.05) is 29.2 Å². The van der Waals surface area contributed by atoms with Gasteiger partial charge in [0, 0.05) is 30.8 Å². The lowest BCUT2D eigenvalue weighted by molar-refractivity contribution is 0.198. The highest BCUT2D eigenvalue weighted by Gasteiger charge is 2.28. The number of aliphatic hydroxyl groups is 1. The van der Waals surface area contributed by atoms with Crippen LogP contribution in [0.3, 0.4) is 0 Å². The molecule has 2 aromatic rings. The molecule has 29 heavy (non-hydrogen) atoms. The molecule has 1 atom stereocenters. The fourth-order valence-corrected chi connectivity index (χ4v) is 3.76. The highest BCUT2D eigenvalue weighted by molar-refractivity contribution is 8.02. The van der Waals surface area contributed by atoms with Crippen LogP contribution >= 0.6 is 11.8 Å². The number of hydrogen-bond acceptors (Lipinski definition) is 8. The van der Waals surface area contributed by atoms with Gasteiger partial charge in [-0.25, -0.2) is 9.97 Å². The van der Waals surface area contributed by atoms with Crippen LogP contribution in [0.4, 0.5) is 17.3 Å². The number of nitrogens with zero attached hydrogens (tertiary/aromatic N) is 4. The van der Waals surface area contributed by atoms with Crippen LogP contribution in [0.25, 0.3) is 0 Å². The zero-order valence-corrected chi connectivity index (χ0v) is 18.0. The van der Waals surface area contributed by atoms with Crippen molar-refractivity contribution in [2.45, 2.75) is 51.0 Å². The first-order valence-corrected chi connectivity index (χ1v) is 10.7. The zero-order chi connectivity index (χ0) is 21.0. The van der Waals surface area contributed by atoms with Gasteiger partial charge in [-0.15, -0.1) is 0 Å². The Kier molecular flexibility index (Phi) is 6.50.